The van der Waals surface area contributed by atoms with Crippen molar-refractivity contribution in [2.45, 2.75) is 31.4 Å². The molecule has 2 heterocycles. The number of carbonyl (C=O) groups is 1. The maximum Gasteiger partial charge on any atom is 0.256 e. The molecule has 1 aromatic carbocycles. The zero-order valence-corrected chi connectivity index (χ0v) is 11.0. The van der Waals surface area contributed by atoms with Gasteiger partial charge in [-0.25, -0.2) is 0 Å². The molecule has 3 rings (SSSR count). The lowest BCUT2D eigenvalue weighted by atomic mass is 9.96. The molecule has 4 heteroatoms. The molecule has 4 nitrogen and oxygen atoms in total. The van der Waals surface area contributed by atoms with Crippen LogP contribution in [0.1, 0.15) is 30.1 Å². The monoisotopic (exact) mass is 260 g/mol. The van der Waals surface area contributed by atoms with Crippen molar-refractivity contribution in [3.05, 3.63) is 35.4 Å². The van der Waals surface area contributed by atoms with Crippen LogP contribution in [0.4, 0.5) is 0 Å². The number of amides is 1. The van der Waals surface area contributed by atoms with Gasteiger partial charge in [-0.05, 0) is 30.4 Å². The van der Waals surface area contributed by atoms with Crippen LogP contribution in [0.15, 0.2) is 24.3 Å². The van der Waals surface area contributed by atoms with Crippen molar-refractivity contribution >= 4 is 5.91 Å². The Morgan fingerprint density at radius 2 is 2.26 bits per heavy atom. The van der Waals surface area contributed by atoms with E-state index in [1.165, 1.54) is 5.56 Å². The SMILES string of the molecule is NCC1CCCN1C(=O)C1OCCc2ccccc21. The number of likely N-dealkylation sites (tertiary alicyclic amines) is 1. The highest BCUT2D eigenvalue weighted by Crippen LogP contribution is 2.30. The van der Waals surface area contributed by atoms with Gasteiger partial charge < -0.3 is 15.4 Å². The molecule has 1 fully saturated rings. The Morgan fingerprint density at radius 1 is 1.42 bits per heavy atom. The lowest BCUT2D eigenvalue weighted by Gasteiger charge is -2.31. The van der Waals surface area contributed by atoms with E-state index in [9.17, 15) is 4.79 Å². The van der Waals surface area contributed by atoms with Crippen LogP contribution < -0.4 is 5.73 Å². The minimum atomic E-state index is -0.433. The van der Waals surface area contributed by atoms with Gasteiger partial charge in [0.2, 0.25) is 0 Å². The van der Waals surface area contributed by atoms with E-state index in [4.69, 9.17) is 10.5 Å². The smallest absolute Gasteiger partial charge is 0.256 e. The first-order valence-corrected chi connectivity index (χ1v) is 7.01. The minimum Gasteiger partial charge on any atom is -0.363 e. The molecule has 2 atom stereocenters. The molecule has 0 bridgehead atoms. The summed E-state index contributed by atoms with van der Waals surface area (Å²) in [5, 5.41) is 0. The largest absolute Gasteiger partial charge is 0.363 e. The lowest BCUT2D eigenvalue weighted by molar-refractivity contribution is -0.145. The first-order chi connectivity index (χ1) is 9.31. The number of hydrogen-bond acceptors (Lipinski definition) is 3. The molecule has 2 aliphatic heterocycles. The summed E-state index contributed by atoms with van der Waals surface area (Å²) in [6, 6.07) is 8.26. The summed E-state index contributed by atoms with van der Waals surface area (Å²) in [4.78, 5) is 14.6. The Balaban J connectivity index is 1.85. The number of fused-ring (bicyclic) bond motifs is 1. The topological polar surface area (TPSA) is 55.6 Å². The van der Waals surface area contributed by atoms with Crippen molar-refractivity contribution in [1.82, 2.24) is 4.90 Å². The molecule has 1 amide bonds. The Bertz CT molecular complexity index is 475. The van der Waals surface area contributed by atoms with E-state index in [0.29, 0.717) is 13.2 Å². The van der Waals surface area contributed by atoms with Crippen molar-refractivity contribution in [3.63, 3.8) is 0 Å². The van der Waals surface area contributed by atoms with Gasteiger partial charge in [0.1, 0.15) is 0 Å². The third-order valence-electron chi connectivity index (χ3n) is 4.15. The lowest BCUT2D eigenvalue weighted by Crippen LogP contribution is -2.43. The minimum absolute atomic E-state index is 0.0834. The normalized spacial score (nSPS) is 26.3. The van der Waals surface area contributed by atoms with Crippen LogP contribution >= 0.6 is 0 Å². The molecule has 2 aliphatic rings. The Morgan fingerprint density at radius 3 is 3.11 bits per heavy atom. The zero-order valence-electron chi connectivity index (χ0n) is 11.0. The summed E-state index contributed by atoms with van der Waals surface area (Å²) in [5.41, 5.74) is 8.01. The third kappa shape index (κ3) is 2.26. The van der Waals surface area contributed by atoms with E-state index in [2.05, 4.69) is 6.07 Å². The maximum absolute atomic E-state index is 12.7. The molecule has 0 aromatic heterocycles. The molecule has 102 valence electrons. The van der Waals surface area contributed by atoms with Crippen molar-refractivity contribution in [2.24, 2.45) is 5.73 Å². The molecule has 1 aromatic rings. The molecule has 0 aliphatic carbocycles. The molecular weight excluding hydrogens is 240 g/mol. The summed E-state index contributed by atoms with van der Waals surface area (Å²) in [6.45, 7) is 1.97. The number of nitrogens with two attached hydrogens (primary N) is 1. The van der Waals surface area contributed by atoms with Gasteiger partial charge in [-0.3, -0.25) is 4.79 Å². The van der Waals surface area contributed by atoms with Gasteiger partial charge in [0.05, 0.1) is 6.61 Å². The maximum atomic E-state index is 12.7. The fourth-order valence-corrected chi connectivity index (χ4v) is 3.12. The van der Waals surface area contributed by atoms with Crippen LogP contribution in [0.5, 0.6) is 0 Å². The highest BCUT2D eigenvalue weighted by atomic mass is 16.5. The second-order valence-electron chi connectivity index (χ2n) is 5.26. The fraction of sp³-hybridized carbons (Fsp3) is 0.533. The second-order valence-corrected chi connectivity index (χ2v) is 5.26. The standard InChI is InChI=1S/C15H20N2O2/c16-10-12-5-3-8-17(12)15(18)14-13-6-2-1-4-11(13)7-9-19-14/h1-2,4,6,12,14H,3,5,7-10,16H2. The van der Waals surface area contributed by atoms with Crippen molar-refractivity contribution in [3.8, 4) is 0 Å². The number of benzene rings is 1. The summed E-state index contributed by atoms with van der Waals surface area (Å²) < 4.78 is 5.74. The van der Waals surface area contributed by atoms with Crippen LogP contribution in [0.3, 0.4) is 0 Å². The highest BCUT2D eigenvalue weighted by molar-refractivity contribution is 5.83. The van der Waals surface area contributed by atoms with E-state index < -0.39 is 6.10 Å². The van der Waals surface area contributed by atoms with Crippen LogP contribution in [0.25, 0.3) is 0 Å². The van der Waals surface area contributed by atoms with E-state index >= 15 is 0 Å². The molecule has 0 spiro atoms. The highest BCUT2D eigenvalue weighted by Gasteiger charge is 2.35. The Labute approximate surface area is 113 Å². The number of rotatable bonds is 2. The van der Waals surface area contributed by atoms with E-state index in [1.807, 2.05) is 23.1 Å². The average Bonchev–Trinajstić information content (AvgIpc) is 2.94. The third-order valence-corrected chi connectivity index (χ3v) is 4.15. The van der Waals surface area contributed by atoms with Crippen LogP contribution in [0.2, 0.25) is 0 Å². The molecule has 19 heavy (non-hydrogen) atoms. The molecular formula is C15H20N2O2. The van der Waals surface area contributed by atoms with Gasteiger partial charge in [-0.2, -0.15) is 0 Å². The Hall–Kier alpha value is -1.39. The average molecular weight is 260 g/mol. The van der Waals surface area contributed by atoms with Crippen molar-refractivity contribution in [1.29, 1.82) is 0 Å². The summed E-state index contributed by atoms with van der Waals surface area (Å²) >= 11 is 0. The van der Waals surface area contributed by atoms with Gasteiger partial charge in [0, 0.05) is 19.1 Å². The first-order valence-electron chi connectivity index (χ1n) is 7.01. The molecule has 2 unspecified atom stereocenters. The number of hydrogen-bond donors (Lipinski definition) is 1. The van der Waals surface area contributed by atoms with E-state index in [-0.39, 0.29) is 11.9 Å². The first kappa shape index (κ1) is 12.6. The molecule has 0 radical (unpaired) electrons. The predicted octanol–water partition coefficient (Wildman–Crippen LogP) is 1.25. The zero-order chi connectivity index (χ0) is 13.2. The van der Waals surface area contributed by atoms with Gasteiger partial charge in [0.25, 0.3) is 5.91 Å². The second kappa shape index (κ2) is 5.31. The quantitative estimate of drug-likeness (QED) is 0.870. The number of ether oxygens (including phenoxy) is 1. The van der Waals surface area contributed by atoms with E-state index in [1.54, 1.807) is 0 Å². The van der Waals surface area contributed by atoms with Crippen molar-refractivity contribution in [2.75, 3.05) is 19.7 Å². The summed E-state index contributed by atoms with van der Waals surface area (Å²) in [7, 11) is 0. The van der Waals surface area contributed by atoms with Gasteiger partial charge in [0.15, 0.2) is 6.10 Å². The van der Waals surface area contributed by atoms with Crippen LogP contribution in [-0.4, -0.2) is 36.5 Å². The molecule has 1 saturated heterocycles. The predicted molar refractivity (Wildman–Crippen MR) is 72.6 cm³/mol. The van der Waals surface area contributed by atoms with Gasteiger partial charge >= 0.3 is 0 Å². The fourth-order valence-electron chi connectivity index (χ4n) is 3.12. The van der Waals surface area contributed by atoms with Gasteiger partial charge in [-0.1, -0.05) is 24.3 Å². The van der Waals surface area contributed by atoms with E-state index in [0.717, 1.165) is 31.4 Å². The molecule has 0 saturated carbocycles. The van der Waals surface area contributed by atoms with Crippen LogP contribution in [-0.2, 0) is 16.0 Å². The number of nitrogens with zero attached hydrogens (tertiary/aromatic N) is 1. The number of carbonyl (C=O) groups excluding carboxylic acids is 1. The van der Waals surface area contributed by atoms with Crippen LogP contribution in [0, 0.1) is 0 Å². The molecule has 2 N–H and O–H groups in total. The summed E-state index contributed by atoms with van der Waals surface area (Å²) in [5.74, 6) is 0.0834. The summed E-state index contributed by atoms with van der Waals surface area (Å²) in [6.07, 6.45) is 2.51. The van der Waals surface area contributed by atoms with Gasteiger partial charge in [-0.15, -0.1) is 0 Å². The van der Waals surface area contributed by atoms with Crippen molar-refractivity contribution < 1.29 is 9.53 Å². The Kier molecular flexibility index (Phi) is 3.53.